The molecule has 2 heteroatoms. The molecule has 0 unspecified atom stereocenters. The van der Waals surface area contributed by atoms with Crippen LogP contribution in [-0.4, -0.2) is 4.98 Å². The van der Waals surface area contributed by atoms with Crippen molar-refractivity contribution in [2.24, 2.45) is 0 Å². The van der Waals surface area contributed by atoms with Gasteiger partial charge in [0.05, 0.1) is 5.69 Å². The molecular formula is C29H27NO. The van der Waals surface area contributed by atoms with E-state index in [2.05, 4.69) is 100 Å². The van der Waals surface area contributed by atoms with E-state index in [0.717, 1.165) is 27.8 Å². The fraction of sp³-hybridized carbons (Fsp3) is 0.207. The molecule has 0 amide bonds. The van der Waals surface area contributed by atoms with Crippen LogP contribution in [0.1, 0.15) is 50.7 Å². The number of pyridine rings is 1. The molecular weight excluding hydrogens is 378 g/mol. The number of hydrogen-bond donors (Lipinski definition) is 0. The molecule has 0 saturated carbocycles. The van der Waals surface area contributed by atoms with Crippen molar-refractivity contribution in [3.05, 3.63) is 90.1 Å². The molecule has 0 bridgehead atoms. The van der Waals surface area contributed by atoms with Crippen molar-refractivity contribution in [2.75, 3.05) is 0 Å². The summed E-state index contributed by atoms with van der Waals surface area (Å²) in [6, 6.07) is 25.7. The van der Waals surface area contributed by atoms with Gasteiger partial charge in [-0.15, -0.1) is 0 Å². The highest BCUT2D eigenvalue weighted by molar-refractivity contribution is 6.16. The second-order valence-corrected chi connectivity index (χ2v) is 8.84. The second-order valence-electron chi connectivity index (χ2n) is 8.84. The Morgan fingerprint density at radius 2 is 1.48 bits per heavy atom. The van der Waals surface area contributed by atoms with Crippen LogP contribution in [0, 0.1) is 0 Å². The molecule has 0 N–H and O–H groups in total. The number of aromatic nitrogens is 1. The summed E-state index contributed by atoms with van der Waals surface area (Å²) in [6.45, 7) is 8.86. The summed E-state index contributed by atoms with van der Waals surface area (Å²) in [6.07, 6.45) is 1.91. The Balaban J connectivity index is 1.88. The topological polar surface area (TPSA) is 26.0 Å². The van der Waals surface area contributed by atoms with Crippen molar-refractivity contribution >= 4 is 21.9 Å². The lowest BCUT2D eigenvalue weighted by Gasteiger charge is -2.10. The Kier molecular flexibility index (Phi) is 4.86. The summed E-state index contributed by atoms with van der Waals surface area (Å²) in [5.41, 5.74) is 8.81. The molecule has 0 fully saturated rings. The van der Waals surface area contributed by atoms with Gasteiger partial charge in [-0.05, 0) is 52.3 Å². The van der Waals surface area contributed by atoms with Crippen LogP contribution in [0.3, 0.4) is 0 Å². The highest BCUT2D eigenvalue weighted by Gasteiger charge is 2.20. The van der Waals surface area contributed by atoms with E-state index in [-0.39, 0.29) is 0 Å². The molecule has 2 aromatic heterocycles. The Morgan fingerprint density at radius 1 is 0.710 bits per heavy atom. The Hall–Kier alpha value is -3.39. The first-order valence-electron chi connectivity index (χ1n) is 11.0. The number of fused-ring (bicyclic) bond motifs is 3. The maximum atomic E-state index is 6.65. The zero-order valence-electron chi connectivity index (χ0n) is 18.5. The van der Waals surface area contributed by atoms with Crippen LogP contribution in [0.2, 0.25) is 0 Å². The van der Waals surface area contributed by atoms with E-state index in [1.54, 1.807) is 0 Å². The van der Waals surface area contributed by atoms with Crippen LogP contribution in [0.5, 0.6) is 0 Å². The van der Waals surface area contributed by atoms with E-state index in [1.165, 1.54) is 27.6 Å². The summed E-state index contributed by atoms with van der Waals surface area (Å²) >= 11 is 0. The zero-order chi connectivity index (χ0) is 21.5. The molecule has 0 saturated heterocycles. The van der Waals surface area contributed by atoms with E-state index < -0.39 is 0 Å². The van der Waals surface area contributed by atoms with E-state index in [0.29, 0.717) is 11.8 Å². The highest BCUT2D eigenvalue weighted by atomic mass is 16.3. The van der Waals surface area contributed by atoms with Crippen LogP contribution in [-0.2, 0) is 0 Å². The summed E-state index contributed by atoms with van der Waals surface area (Å²) in [5, 5.41) is 2.33. The third kappa shape index (κ3) is 3.33. The van der Waals surface area contributed by atoms with Crippen molar-refractivity contribution in [3.8, 4) is 22.4 Å². The van der Waals surface area contributed by atoms with Gasteiger partial charge >= 0.3 is 0 Å². The first-order chi connectivity index (χ1) is 15.0. The summed E-state index contributed by atoms with van der Waals surface area (Å²) in [5.74, 6) is 0.833. The minimum Gasteiger partial charge on any atom is -0.455 e. The van der Waals surface area contributed by atoms with Gasteiger partial charge in [0.2, 0.25) is 0 Å². The van der Waals surface area contributed by atoms with Gasteiger partial charge in [-0.25, -0.2) is 0 Å². The van der Waals surface area contributed by atoms with Gasteiger partial charge in [0, 0.05) is 22.5 Å². The lowest BCUT2D eigenvalue weighted by atomic mass is 9.94. The van der Waals surface area contributed by atoms with Crippen LogP contribution in [0.15, 0.2) is 83.4 Å². The molecule has 0 aliphatic heterocycles. The first-order valence-corrected chi connectivity index (χ1v) is 11.0. The average Bonchev–Trinajstić information content (AvgIpc) is 3.18. The van der Waals surface area contributed by atoms with Crippen LogP contribution in [0.25, 0.3) is 44.3 Å². The first kappa shape index (κ1) is 19.6. The minimum atomic E-state index is 0.385. The molecule has 0 aliphatic rings. The number of furan rings is 1. The molecule has 3 aromatic carbocycles. The Bertz CT molecular complexity index is 1380. The molecule has 0 radical (unpaired) electrons. The standard InChI is InChI=1S/C29H27NO/c1-18(2)21-15-16-30-26(17-21)24-14-13-23(20-9-6-5-7-10-20)27-25-12-8-11-22(19(3)4)28(25)31-29(24)27/h5-19H,1-4H3. The quantitative estimate of drug-likeness (QED) is 0.299. The van der Waals surface area contributed by atoms with Crippen molar-refractivity contribution < 1.29 is 4.42 Å². The van der Waals surface area contributed by atoms with Crippen molar-refractivity contribution in [1.82, 2.24) is 4.98 Å². The number of benzene rings is 3. The van der Waals surface area contributed by atoms with E-state index in [1.807, 2.05) is 6.20 Å². The Morgan fingerprint density at radius 3 is 2.23 bits per heavy atom. The number of nitrogens with zero attached hydrogens (tertiary/aromatic N) is 1. The maximum absolute atomic E-state index is 6.65. The largest absolute Gasteiger partial charge is 0.455 e. The van der Waals surface area contributed by atoms with E-state index in [4.69, 9.17) is 9.40 Å². The predicted octanol–water partition coefficient (Wildman–Crippen LogP) is 8.56. The number of hydrogen-bond acceptors (Lipinski definition) is 2. The predicted molar refractivity (Wildman–Crippen MR) is 131 cm³/mol. The number of rotatable bonds is 4. The fourth-order valence-corrected chi connectivity index (χ4v) is 4.39. The molecule has 5 aromatic rings. The fourth-order valence-electron chi connectivity index (χ4n) is 4.39. The minimum absolute atomic E-state index is 0.385. The highest BCUT2D eigenvalue weighted by Crippen LogP contribution is 2.43. The summed E-state index contributed by atoms with van der Waals surface area (Å²) < 4.78 is 6.65. The smallest absolute Gasteiger partial charge is 0.145 e. The molecule has 5 rings (SSSR count). The molecule has 154 valence electrons. The third-order valence-corrected chi connectivity index (χ3v) is 6.11. The average molecular weight is 406 g/mol. The molecule has 2 nitrogen and oxygen atoms in total. The normalized spacial score (nSPS) is 11.8. The SMILES string of the molecule is CC(C)c1ccnc(-c2ccc(-c3ccccc3)c3c2oc2c(C(C)C)cccc23)c1. The maximum Gasteiger partial charge on any atom is 0.145 e. The molecule has 0 atom stereocenters. The third-order valence-electron chi connectivity index (χ3n) is 6.11. The van der Waals surface area contributed by atoms with Crippen molar-refractivity contribution in [3.63, 3.8) is 0 Å². The molecule has 2 heterocycles. The van der Waals surface area contributed by atoms with E-state index in [9.17, 15) is 0 Å². The lowest BCUT2D eigenvalue weighted by molar-refractivity contribution is 0.658. The van der Waals surface area contributed by atoms with Gasteiger partial charge in [0.1, 0.15) is 11.2 Å². The van der Waals surface area contributed by atoms with Gasteiger partial charge in [-0.2, -0.15) is 0 Å². The van der Waals surface area contributed by atoms with Gasteiger partial charge < -0.3 is 4.42 Å². The monoisotopic (exact) mass is 405 g/mol. The molecule has 0 aliphatic carbocycles. The zero-order valence-corrected chi connectivity index (χ0v) is 18.5. The Labute approximate surface area is 183 Å². The van der Waals surface area contributed by atoms with Crippen LogP contribution >= 0.6 is 0 Å². The second kappa shape index (κ2) is 7.70. The summed E-state index contributed by atoms with van der Waals surface area (Å²) in [4.78, 5) is 4.71. The van der Waals surface area contributed by atoms with Gasteiger partial charge in [0.15, 0.2) is 0 Å². The van der Waals surface area contributed by atoms with E-state index >= 15 is 0 Å². The van der Waals surface area contributed by atoms with Gasteiger partial charge in [0.25, 0.3) is 0 Å². The molecule has 31 heavy (non-hydrogen) atoms. The molecule has 0 spiro atoms. The lowest BCUT2D eigenvalue weighted by Crippen LogP contribution is -1.91. The van der Waals surface area contributed by atoms with Crippen molar-refractivity contribution in [1.29, 1.82) is 0 Å². The number of para-hydroxylation sites is 1. The van der Waals surface area contributed by atoms with Gasteiger partial charge in [-0.1, -0.05) is 82.3 Å². The van der Waals surface area contributed by atoms with Crippen molar-refractivity contribution in [2.45, 2.75) is 39.5 Å². The van der Waals surface area contributed by atoms with Crippen LogP contribution < -0.4 is 0 Å². The van der Waals surface area contributed by atoms with Gasteiger partial charge in [-0.3, -0.25) is 4.98 Å². The summed E-state index contributed by atoms with van der Waals surface area (Å²) in [7, 11) is 0. The van der Waals surface area contributed by atoms with Crippen LogP contribution in [0.4, 0.5) is 0 Å².